The van der Waals surface area contributed by atoms with Crippen LogP contribution in [0, 0.1) is 5.82 Å². The van der Waals surface area contributed by atoms with Gasteiger partial charge in [-0.1, -0.05) is 0 Å². The molecule has 1 saturated heterocycles. The fourth-order valence-corrected chi connectivity index (χ4v) is 4.99. The molecule has 1 aromatic carbocycles. The lowest BCUT2D eigenvalue weighted by Gasteiger charge is -2.51. The van der Waals surface area contributed by atoms with E-state index >= 15 is 0 Å². The van der Waals surface area contributed by atoms with Gasteiger partial charge in [0.25, 0.3) is 11.7 Å². The van der Waals surface area contributed by atoms with Crippen molar-refractivity contribution in [3.63, 3.8) is 0 Å². The molecule has 0 atom stereocenters. The summed E-state index contributed by atoms with van der Waals surface area (Å²) in [7, 11) is 1.41. The highest BCUT2D eigenvalue weighted by molar-refractivity contribution is 5.99. The van der Waals surface area contributed by atoms with E-state index in [4.69, 9.17) is 4.74 Å². The number of alkyl halides is 3. The number of ketones is 1. The van der Waals surface area contributed by atoms with Gasteiger partial charge in [0.2, 0.25) is 0 Å². The van der Waals surface area contributed by atoms with Crippen LogP contribution in [-0.2, 0) is 12.1 Å². The zero-order valence-corrected chi connectivity index (χ0v) is 18.6. The fourth-order valence-electron chi connectivity index (χ4n) is 4.99. The number of methoxy groups -OCH3 is 1. The molecule has 1 fully saturated rings. The third-order valence-corrected chi connectivity index (χ3v) is 6.40. The van der Waals surface area contributed by atoms with Gasteiger partial charge in [-0.25, -0.2) is 4.39 Å². The second kappa shape index (κ2) is 7.86. The topological polar surface area (TPSA) is 63.6 Å². The number of amides is 1. The minimum absolute atomic E-state index is 0. The van der Waals surface area contributed by atoms with Crippen LogP contribution in [0.2, 0.25) is 0 Å². The van der Waals surface area contributed by atoms with E-state index in [2.05, 4.69) is 5.32 Å². The lowest BCUT2D eigenvalue weighted by Crippen LogP contribution is -2.63. The highest BCUT2D eigenvalue weighted by Crippen LogP contribution is 2.41. The summed E-state index contributed by atoms with van der Waals surface area (Å²) in [6.07, 6.45) is -4.15. The maximum Gasteiger partial charge on any atom is 0.456 e. The minimum atomic E-state index is -4.96. The molecule has 2 aliphatic heterocycles. The molecule has 2 aromatic rings. The summed E-state index contributed by atoms with van der Waals surface area (Å²) in [6, 6.07) is 6.82. The van der Waals surface area contributed by atoms with Crippen molar-refractivity contribution in [2.45, 2.75) is 50.5 Å². The van der Waals surface area contributed by atoms with Crippen molar-refractivity contribution < 1.29 is 33.3 Å². The molecule has 0 unspecified atom stereocenters. The van der Waals surface area contributed by atoms with Gasteiger partial charge in [-0.3, -0.25) is 14.9 Å². The first-order valence-electron chi connectivity index (χ1n) is 10.6. The van der Waals surface area contributed by atoms with Crippen LogP contribution in [0.4, 0.5) is 17.6 Å². The Hall–Kier alpha value is -2.88. The predicted octanol–water partition coefficient (Wildman–Crippen LogP) is 4.14. The summed E-state index contributed by atoms with van der Waals surface area (Å²) >= 11 is 0. The number of Topliss-reactive ketones (excluding diaryl/α,β-unsaturated/α-hetero) is 1. The molecular weight excluding hydrogens is 442 g/mol. The molecule has 0 radical (unpaired) electrons. The van der Waals surface area contributed by atoms with Crippen molar-refractivity contribution in [3.8, 4) is 5.75 Å². The Balaban J connectivity index is 0.00000324. The van der Waals surface area contributed by atoms with E-state index in [1.54, 1.807) is 6.07 Å². The second-order valence-electron chi connectivity index (χ2n) is 9.25. The fraction of sp³-hybridized carbons (Fsp3) is 0.478. The number of nitrogens with zero attached hydrogens (tertiary/aromatic N) is 2. The van der Waals surface area contributed by atoms with Crippen LogP contribution in [0.15, 0.2) is 30.3 Å². The first-order valence-corrected chi connectivity index (χ1v) is 10.6. The second-order valence-corrected chi connectivity index (χ2v) is 9.25. The number of halogens is 4. The SMILES string of the molecule is COc1ccc(C(=O)N2CCC3(CC2)NC(C)(C)Cn2c(C(=O)C(F)(F)F)ccc23)c(F)c1.[HH]. The Morgan fingerprint density at radius 2 is 1.79 bits per heavy atom. The van der Waals surface area contributed by atoms with E-state index in [0.717, 1.165) is 6.07 Å². The standard InChI is InChI=1S/C23H25F4N3O3.H2/c1-21(2)13-30-17(19(31)23(25,26)27)6-7-18(30)22(28-21)8-10-29(11-9-22)20(32)15-5-4-14(33-3)12-16(15)24;/h4-7,12,28H,8-11,13H2,1-3H3;1H. The van der Waals surface area contributed by atoms with Crippen LogP contribution in [0.25, 0.3) is 0 Å². The first kappa shape index (κ1) is 23.3. The van der Waals surface area contributed by atoms with Gasteiger partial charge in [0.1, 0.15) is 11.6 Å². The number of carbonyl (C=O) groups excluding carboxylic acids is 2. The number of aromatic nitrogens is 1. The molecule has 0 aliphatic carbocycles. The average Bonchev–Trinajstić information content (AvgIpc) is 3.15. The van der Waals surface area contributed by atoms with E-state index in [1.165, 1.54) is 34.8 Å². The van der Waals surface area contributed by atoms with Crippen LogP contribution in [0.1, 0.15) is 54.7 Å². The number of carbonyl (C=O) groups is 2. The molecule has 10 heteroatoms. The lowest BCUT2D eigenvalue weighted by molar-refractivity contribution is -0.0892. The number of hydrogen-bond acceptors (Lipinski definition) is 4. The number of nitrogens with one attached hydrogen (secondary N) is 1. The number of hydrogen-bond donors (Lipinski definition) is 1. The maximum atomic E-state index is 14.4. The number of piperidine rings is 1. The van der Waals surface area contributed by atoms with Gasteiger partial charge < -0.3 is 14.2 Å². The molecule has 6 nitrogen and oxygen atoms in total. The molecule has 33 heavy (non-hydrogen) atoms. The number of fused-ring (bicyclic) bond motifs is 2. The van der Waals surface area contributed by atoms with E-state index in [9.17, 15) is 27.2 Å². The molecule has 2 aliphatic rings. The maximum absolute atomic E-state index is 14.4. The Morgan fingerprint density at radius 1 is 1.12 bits per heavy atom. The number of likely N-dealkylation sites (tertiary alicyclic amines) is 1. The summed E-state index contributed by atoms with van der Waals surface area (Å²) in [4.78, 5) is 26.4. The number of ether oxygens (including phenoxy) is 1. The molecule has 0 saturated carbocycles. The Bertz CT molecular complexity index is 1110. The first-order chi connectivity index (χ1) is 15.4. The predicted molar refractivity (Wildman–Crippen MR) is 114 cm³/mol. The zero-order chi connectivity index (χ0) is 24.2. The van der Waals surface area contributed by atoms with Gasteiger partial charge in [0.15, 0.2) is 0 Å². The van der Waals surface area contributed by atoms with E-state index in [1.807, 2.05) is 13.8 Å². The van der Waals surface area contributed by atoms with Gasteiger partial charge in [0, 0.05) is 38.4 Å². The third kappa shape index (κ3) is 4.12. The van der Waals surface area contributed by atoms with Gasteiger partial charge in [0.05, 0.1) is 23.9 Å². The number of benzene rings is 1. The molecule has 180 valence electrons. The van der Waals surface area contributed by atoms with Gasteiger partial charge in [-0.05, 0) is 51.0 Å². The minimum Gasteiger partial charge on any atom is -0.497 e. The molecule has 1 amide bonds. The molecule has 4 rings (SSSR count). The summed E-state index contributed by atoms with van der Waals surface area (Å²) < 4.78 is 60.2. The largest absolute Gasteiger partial charge is 0.497 e. The number of rotatable bonds is 3. The summed E-state index contributed by atoms with van der Waals surface area (Å²) in [5.41, 5.74) is -1.14. The lowest BCUT2D eigenvalue weighted by atomic mass is 9.79. The Labute approximate surface area is 190 Å². The smallest absolute Gasteiger partial charge is 0.456 e. The van der Waals surface area contributed by atoms with Crippen molar-refractivity contribution in [2.75, 3.05) is 20.2 Å². The van der Waals surface area contributed by atoms with Crippen LogP contribution < -0.4 is 10.1 Å². The van der Waals surface area contributed by atoms with Gasteiger partial charge in [-0.15, -0.1) is 0 Å². The summed E-state index contributed by atoms with van der Waals surface area (Å²) in [5, 5.41) is 3.54. The van der Waals surface area contributed by atoms with Crippen LogP contribution in [-0.4, -0.2) is 53.1 Å². The molecule has 3 heterocycles. The van der Waals surface area contributed by atoms with Crippen molar-refractivity contribution >= 4 is 11.7 Å². The molecule has 1 spiro atoms. The van der Waals surface area contributed by atoms with E-state index in [0.29, 0.717) is 24.3 Å². The van der Waals surface area contributed by atoms with Crippen molar-refractivity contribution in [1.29, 1.82) is 0 Å². The normalized spacial score (nSPS) is 19.3. The van der Waals surface area contributed by atoms with Crippen molar-refractivity contribution in [3.05, 3.63) is 53.1 Å². The highest BCUT2D eigenvalue weighted by atomic mass is 19.4. The summed E-state index contributed by atoms with van der Waals surface area (Å²) in [5.74, 6) is -2.70. The molecule has 0 bridgehead atoms. The van der Waals surface area contributed by atoms with E-state index < -0.39 is 34.8 Å². The van der Waals surface area contributed by atoms with Crippen LogP contribution >= 0.6 is 0 Å². The molecular formula is C23H27F4N3O3. The monoisotopic (exact) mass is 469 g/mol. The van der Waals surface area contributed by atoms with Crippen LogP contribution in [0.3, 0.4) is 0 Å². The Kier molecular flexibility index (Phi) is 5.55. The average molecular weight is 469 g/mol. The van der Waals surface area contributed by atoms with E-state index in [-0.39, 0.29) is 32.3 Å². The molecule has 1 N–H and O–H groups in total. The van der Waals surface area contributed by atoms with Crippen molar-refractivity contribution in [1.82, 2.24) is 14.8 Å². The van der Waals surface area contributed by atoms with Gasteiger partial charge >= 0.3 is 6.18 Å². The third-order valence-electron chi connectivity index (χ3n) is 6.40. The highest BCUT2D eigenvalue weighted by Gasteiger charge is 2.49. The quantitative estimate of drug-likeness (QED) is 0.542. The zero-order valence-electron chi connectivity index (χ0n) is 18.6. The summed E-state index contributed by atoms with van der Waals surface area (Å²) in [6.45, 7) is 4.49. The molecule has 1 aromatic heterocycles. The van der Waals surface area contributed by atoms with Gasteiger partial charge in [-0.2, -0.15) is 13.2 Å². The van der Waals surface area contributed by atoms with Crippen molar-refractivity contribution in [2.24, 2.45) is 0 Å². The Morgan fingerprint density at radius 3 is 2.36 bits per heavy atom. The van der Waals surface area contributed by atoms with Crippen LogP contribution in [0.5, 0.6) is 5.75 Å².